The zero-order chi connectivity index (χ0) is 29.1. The van der Waals surface area contributed by atoms with E-state index in [1.54, 1.807) is 20.8 Å². The van der Waals surface area contributed by atoms with Crippen molar-refractivity contribution in [1.29, 1.82) is 0 Å². The van der Waals surface area contributed by atoms with Crippen LogP contribution in [0.4, 0.5) is 10.5 Å². The summed E-state index contributed by atoms with van der Waals surface area (Å²) in [5.41, 5.74) is -0.596. The maximum absolute atomic E-state index is 13.8. The molecule has 1 N–H and O–H groups in total. The molecule has 0 aliphatic carbocycles. The normalized spacial score (nSPS) is 12.7. The lowest BCUT2D eigenvalue weighted by Gasteiger charge is -2.30. The second kappa shape index (κ2) is 14.4. The summed E-state index contributed by atoms with van der Waals surface area (Å²) in [7, 11) is -3.38. The van der Waals surface area contributed by atoms with Crippen LogP contribution in [0.25, 0.3) is 0 Å². The van der Waals surface area contributed by atoms with Crippen LogP contribution < -0.4 is 5.32 Å². The predicted molar refractivity (Wildman–Crippen MR) is 142 cm³/mol. The minimum Gasteiger partial charge on any atom is -0.466 e. The minimum absolute atomic E-state index is 0.140. The van der Waals surface area contributed by atoms with E-state index < -0.39 is 49.2 Å². The number of rotatable bonds is 13. The lowest BCUT2D eigenvalue weighted by Crippen LogP contribution is -2.50. The summed E-state index contributed by atoms with van der Waals surface area (Å²) in [6, 6.07) is 13.0. The fourth-order valence-electron chi connectivity index (χ4n) is 3.36. The number of para-hydroxylation sites is 1. The van der Waals surface area contributed by atoms with Crippen LogP contribution in [0.2, 0.25) is 0 Å². The SMILES string of the molecule is COC(=O)/C=C/CN(C(CNC(=O)OC(C)(C)C)COCc1ccccc1)S(=O)(=O)c1ccccc1[N+](=O)[O-]. The topological polar surface area (TPSA) is 154 Å². The molecule has 1 atom stereocenters. The van der Waals surface area contributed by atoms with Crippen molar-refractivity contribution in [2.24, 2.45) is 0 Å². The lowest BCUT2D eigenvalue weighted by atomic mass is 10.2. The molecule has 39 heavy (non-hydrogen) atoms. The first-order valence-corrected chi connectivity index (χ1v) is 13.4. The average Bonchev–Trinajstić information content (AvgIpc) is 2.88. The van der Waals surface area contributed by atoms with Gasteiger partial charge in [0.05, 0.1) is 31.3 Å². The summed E-state index contributed by atoms with van der Waals surface area (Å²) in [5, 5.41) is 14.2. The number of hydrogen-bond acceptors (Lipinski definition) is 9. The number of amides is 1. The number of nitro groups is 1. The number of hydrogen-bond donors (Lipinski definition) is 1. The predicted octanol–water partition coefficient (Wildman–Crippen LogP) is 3.42. The standard InChI is InChI=1S/C26H33N3O9S/c1-26(2,3)38-25(31)27-17-21(19-37-18-20-11-6-5-7-12-20)28(16-10-15-24(30)36-4)39(34,35)23-14-9-8-13-22(23)29(32)33/h5-15,21H,16-19H2,1-4H3,(H,27,31)/b15-10+. The average molecular weight is 564 g/mol. The van der Waals surface area contributed by atoms with Crippen LogP contribution in [0.5, 0.6) is 0 Å². The fraction of sp³-hybridized carbons (Fsp3) is 0.385. The Morgan fingerprint density at radius 2 is 1.74 bits per heavy atom. The van der Waals surface area contributed by atoms with Crippen molar-refractivity contribution in [2.75, 3.05) is 26.8 Å². The van der Waals surface area contributed by atoms with Crippen molar-refractivity contribution in [3.8, 4) is 0 Å². The van der Waals surface area contributed by atoms with E-state index in [0.29, 0.717) is 0 Å². The summed E-state index contributed by atoms with van der Waals surface area (Å²) in [4.78, 5) is 34.3. The summed E-state index contributed by atoms with van der Waals surface area (Å²) in [5.74, 6) is -0.721. The molecule has 0 aromatic heterocycles. The Bertz CT molecular complexity index is 1260. The molecule has 0 bridgehead atoms. The molecule has 0 aliphatic rings. The van der Waals surface area contributed by atoms with E-state index in [0.717, 1.165) is 28.1 Å². The molecule has 0 aliphatic heterocycles. The number of esters is 1. The number of alkyl carbamates (subject to hydrolysis) is 1. The number of ether oxygens (including phenoxy) is 3. The zero-order valence-corrected chi connectivity index (χ0v) is 23.1. The van der Waals surface area contributed by atoms with Crippen LogP contribution in [0.1, 0.15) is 26.3 Å². The number of nitro benzene ring substituents is 1. The van der Waals surface area contributed by atoms with Crippen LogP contribution in [0, 0.1) is 10.1 Å². The van der Waals surface area contributed by atoms with Gasteiger partial charge in [0.25, 0.3) is 15.7 Å². The second-order valence-electron chi connectivity index (χ2n) is 9.26. The number of benzene rings is 2. The Hall–Kier alpha value is -3.81. The first-order valence-electron chi connectivity index (χ1n) is 11.9. The molecule has 0 saturated carbocycles. The second-order valence-corrected chi connectivity index (χ2v) is 11.1. The molecule has 2 rings (SSSR count). The highest BCUT2D eigenvalue weighted by Gasteiger charge is 2.36. The van der Waals surface area contributed by atoms with E-state index in [1.807, 2.05) is 30.3 Å². The fourth-order valence-corrected chi connectivity index (χ4v) is 5.08. The van der Waals surface area contributed by atoms with E-state index in [1.165, 1.54) is 25.3 Å². The van der Waals surface area contributed by atoms with Crippen molar-refractivity contribution < 1.29 is 37.1 Å². The molecule has 12 nitrogen and oxygen atoms in total. The highest BCUT2D eigenvalue weighted by atomic mass is 32.2. The number of nitrogens with zero attached hydrogens (tertiary/aromatic N) is 2. The van der Waals surface area contributed by atoms with Gasteiger partial charge in [-0.15, -0.1) is 0 Å². The summed E-state index contributed by atoms with van der Waals surface area (Å²) in [6.45, 7) is 4.34. The van der Waals surface area contributed by atoms with Gasteiger partial charge in [0.1, 0.15) is 5.60 Å². The van der Waals surface area contributed by atoms with Gasteiger partial charge in [0.2, 0.25) is 0 Å². The van der Waals surface area contributed by atoms with Crippen LogP contribution in [-0.4, -0.2) is 68.2 Å². The van der Waals surface area contributed by atoms with Gasteiger partial charge < -0.3 is 19.5 Å². The summed E-state index contributed by atoms with van der Waals surface area (Å²) in [6.07, 6.45) is 1.49. The molecule has 0 spiro atoms. The van der Waals surface area contributed by atoms with Crippen molar-refractivity contribution in [1.82, 2.24) is 9.62 Å². The Morgan fingerprint density at radius 1 is 1.10 bits per heavy atom. The van der Waals surface area contributed by atoms with Crippen molar-refractivity contribution >= 4 is 27.8 Å². The van der Waals surface area contributed by atoms with E-state index in [9.17, 15) is 28.1 Å². The maximum Gasteiger partial charge on any atom is 0.407 e. The Kier molecular flexibility index (Phi) is 11.6. The minimum atomic E-state index is -4.54. The van der Waals surface area contributed by atoms with Crippen molar-refractivity contribution in [2.45, 2.75) is 43.9 Å². The molecule has 1 amide bonds. The number of sulfonamides is 1. The third-order valence-electron chi connectivity index (χ3n) is 5.10. The van der Waals surface area contributed by atoms with E-state index in [4.69, 9.17) is 9.47 Å². The third-order valence-corrected chi connectivity index (χ3v) is 7.06. The maximum atomic E-state index is 13.8. The number of nitrogens with one attached hydrogen (secondary N) is 1. The van der Waals surface area contributed by atoms with Gasteiger partial charge in [-0.2, -0.15) is 4.31 Å². The molecule has 1 unspecified atom stereocenters. The number of carbonyl (C=O) groups excluding carboxylic acids is 2. The molecular weight excluding hydrogens is 530 g/mol. The van der Waals surface area contributed by atoms with Crippen LogP contribution >= 0.6 is 0 Å². The van der Waals surface area contributed by atoms with Crippen molar-refractivity contribution in [3.05, 3.63) is 82.4 Å². The first-order chi connectivity index (χ1) is 18.3. The van der Waals surface area contributed by atoms with E-state index in [2.05, 4.69) is 10.1 Å². The van der Waals surface area contributed by atoms with E-state index >= 15 is 0 Å². The Balaban J connectivity index is 2.46. The van der Waals surface area contributed by atoms with Crippen molar-refractivity contribution in [3.63, 3.8) is 0 Å². The highest BCUT2D eigenvalue weighted by Crippen LogP contribution is 2.28. The highest BCUT2D eigenvalue weighted by molar-refractivity contribution is 7.89. The molecule has 0 saturated heterocycles. The van der Waals surface area contributed by atoms with Gasteiger partial charge in [0.15, 0.2) is 4.90 Å². The van der Waals surface area contributed by atoms with E-state index in [-0.39, 0.29) is 26.3 Å². The van der Waals surface area contributed by atoms with Gasteiger partial charge in [0, 0.05) is 25.2 Å². The van der Waals surface area contributed by atoms with Gasteiger partial charge in [-0.1, -0.05) is 48.5 Å². The molecule has 2 aromatic carbocycles. The Labute approximate surface area is 227 Å². The third kappa shape index (κ3) is 10.1. The molecule has 212 valence electrons. The van der Waals surface area contributed by atoms with Gasteiger partial charge >= 0.3 is 12.1 Å². The van der Waals surface area contributed by atoms with Crippen LogP contribution in [-0.2, 0) is 35.6 Å². The lowest BCUT2D eigenvalue weighted by molar-refractivity contribution is -0.387. The molecule has 0 fully saturated rings. The zero-order valence-electron chi connectivity index (χ0n) is 22.2. The number of carbonyl (C=O) groups is 2. The molecule has 0 radical (unpaired) electrons. The molecule has 0 heterocycles. The van der Waals surface area contributed by atoms with Gasteiger partial charge in [-0.05, 0) is 32.4 Å². The smallest absolute Gasteiger partial charge is 0.407 e. The van der Waals surface area contributed by atoms with Gasteiger partial charge in [-0.25, -0.2) is 18.0 Å². The Morgan fingerprint density at radius 3 is 2.36 bits per heavy atom. The quantitative estimate of drug-likeness (QED) is 0.167. The molecule has 2 aromatic rings. The first kappa shape index (κ1) is 31.4. The van der Waals surface area contributed by atoms with Gasteiger partial charge in [-0.3, -0.25) is 10.1 Å². The van der Waals surface area contributed by atoms with Crippen LogP contribution in [0.15, 0.2) is 71.6 Å². The largest absolute Gasteiger partial charge is 0.466 e. The molecular formula is C26H33N3O9S. The molecule has 13 heteroatoms. The summed E-state index contributed by atoms with van der Waals surface area (Å²) < 4.78 is 44.2. The monoisotopic (exact) mass is 563 g/mol. The summed E-state index contributed by atoms with van der Waals surface area (Å²) >= 11 is 0. The number of methoxy groups -OCH3 is 1. The van der Waals surface area contributed by atoms with Crippen LogP contribution in [0.3, 0.4) is 0 Å².